The number of aromatic nitrogens is 1. The van der Waals surface area contributed by atoms with Crippen LogP contribution in [0.15, 0.2) is 48.7 Å². The summed E-state index contributed by atoms with van der Waals surface area (Å²) in [6.07, 6.45) is 5.86. The van der Waals surface area contributed by atoms with Gasteiger partial charge in [0.1, 0.15) is 19.6 Å². The molecule has 4 nitrogen and oxygen atoms in total. The number of nitrogen functional groups attached to an aromatic ring is 1. The first-order valence-electron chi connectivity index (χ1n) is 13.0. The molecule has 0 saturated heterocycles. The number of carbonyl (C=O) groups excluding carboxylic acids is 2. The fraction of sp³-hybridized carbons (Fsp3) is 0.419. The van der Waals surface area contributed by atoms with Crippen molar-refractivity contribution in [1.82, 2.24) is 4.98 Å². The number of nitrogens with one attached hydrogen (secondary N) is 1. The summed E-state index contributed by atoms with van der Waals surface area (Å²) >= 11 is 0. The SMILES string of the molecule is C.CC(=O)C1(c2ccc(N)c(C#C[Si](C)(C)C)c2)CC1.CC(=O)C1(c2ccc3[nH]ccc3c2)CC1.[2H]CF. The largest absolute Gasteiger partial charge is 0.398 e. The Bertz CT molecular complexity index is 1360. The van der Waals surface area contributed by atoms with Crippen LogP contribution in [0, 0.1) is 11.5 Å². The first-order chi connectivity index (χ1) is 17.4. The highest BCUT2D eigenvalue weighted by molar-refractivity contribution is 6.83. The van der Waals surface area contributed by atoms with Gasteiger partial charge in [-0.05, 0) is 86.4 Å². The van der Waals surface area contributed by atoms with E-state index in [-0.39, 0.29) is 24.0 Å². The van der Waals surface area contributed by atoms with Gasteiger partial charge in [0, 0.05) is 23.0 Å². The Balaban J connectivity index is 0.000000240. The summed E-state index contributed by atoms with van der Waals surface area (Å²) in [4.78, 5) is 26.5. The van der Waals surface area contributed by atoms with Crippen molar-refractivity contribution in [1.29, 1.82) is 0 Å². The van der Waals surface area contributed by atoms with Gasteiger partial charge in [0.05, 0.1) is 19.4 Å². The van der Waals surface area contributed by atoms with Crippen molar-refractivity contribution < 1.29 is 15.4 Å². The average molecular weight is 522 g/mol. The van der Waals surface area contributed by atoms with Crippen molar-refractivity contribution in [3.63, 3.8) is 0 Å². The van der Waals surface area contributed by atoms with E-state index in [9.17, 15) is 14.0 Å². The summed E-state index contributed by atoms with van der Waals surface area (Å²) in [7, 11) is -2.42. The topological polar surface area (TPSA) is 76.0 Å². The number of halogens is 1. The summed E-state index contributed by atoms with van der Waals surface area (Å²) in [5.41, 5.74) is 13.9. The molecule has 2 fully saturated rings. The van der Waals surface area contributed by atoms with Crippen LogP contribution in [0.4, 0.5) is 10.1 Å². The van der Waals surface area contributed by atoms with Crippen molar-refractivity contribution in [2.45, 2.75) is 77.4 Å². The van der Waals surface area contributed by atoms with Crippen LogP contribution in [0.1, 0.15) is 65.0 Å². The van der Waals surface area contributed by atoms with Crippen LogP contribution in [0.25, 0.3) is 10.9 Å². The number of alkyl halides is 1. The summed E-state index contributed by atoms with van der Waals surface area (Å²) < 4.78 is 15.5. The van der Waals surface area contributed by atoms with Crippen molar-refractivity contribution >= 4 is 36.2 Å². The Labute approximate surface area is 223 Å². The highest BCUT2D eigenvalue weighted by Gasteiger charge is 2.49. The molecule has 5 rings (SSSR count). The van der Waals surface area contributed by atoms with E-state index in [1.54, 1.807) is 13.8 Å². The molecule has 0 unspecified atom stereocenters. The number of fused-ring (bicyclic) bond motifs is 1. The Hall–Kier alpha value is -3.17. The molecule has 0 amide bonds. The second-order valence-corrected chi connectivity index (χ2v) is 15.6. The van der Waals surface area contributed by atoms with E-state index < -0.39 is 15.2 Å². The molecule has 3 aromatic rings. The molecule has 37 heavy (non-hydrogen) atoms. The number of hydrogen-bond acceptors (Lipinski definition) is 3. The maximum Gasteiger partial charge on any atom is 0.140 e. The molecule has 1 heterocycles. The smallest absolute Gasteiger partial charge is 0.140 e. The lowest BCUT2D eigenvalue weighted by Crippen LogP contribution is -2.18. The molecule has 2 aromatic carbocycles. The Morgan fingerprint density at radius 2 is 1.49 bits per heavy atom. The highest BCUT2D eigenvalue weighted by atomic mass is 28.3. The molecule has 2 aliphatic carbocycles. The van der Waals surface area contributed by atoms with Gasteiger partial charge in [0.25, 0.3) is 0 Å². The van der Waals surface area contributed by atoms with Crippen LogP contribution in [0.5, 0.6) is 0 Å². The van der Waals surface area contributed by atoms with Crippen molar-refractivity contribution in [3.05, 3.63) is 65.4 Å². The number of benzene rings is 2. The number of nitrogens with two attached hydrogens (primary N) is 1. The van der Waals surface area contributed by atoms with Gasteiger partial charge in [0.2, 0.25) is 0 Å². The number of Topliss-reactive ketones (excluding diaryl/α,β-unsaturated/α-hetero) is 2. The zero-order valence-electron chi connectivity index (χ0n) is 22.9. The van der Waals surface area contributed by atoms with E-state index in [0.29, 0.717) is 11.5 Å². The monoisotopic (exact) mass is 521 g/mol. The Morgan fingerprint density at radius 1 is 0.973 bits per heavy atom. The van der Waals surface area contributed by atoms with Crippen LogP contribution in [0.3, 0.4) is 0 Å². The molecular weight excluding hydrogens is 479 g/mol. The van der Waals surface area contributed by atoms with Crippen LogP contribution in [-0.2, 0) is 20.4 Å². The number of aromatic amines is 1. The molecular formula is C31H41FN2O2Si. The number of rotatable bonds is 4. The Morgan fingerprint density at radius 3 is 1.97 bits per heavy atom. The maximum atomic E-state index is 11.8. The zero-order valence-corrected chi connectivity index (χ0v) is 22.9. The number of hydrogen-bond donors (Lipinski definition) is 2. The van der Waals surface area contributed by atoms with Crippen LogP contribution >= 0.6 is 0 Å². The third-order valence-electron chi connectivity index (χ3n) is 7.13. The highest BCUT2D eigenvalue weighted by Crippen LogP contribution is 2.50. The molecule has 0 spiro atoms. The van der Waals surface area contributed by atoms with Gasteiger partial charge in [-0.2, -0.15) is 0 Å². The minimum absolute atomic E-state index is 0. The molecule has 6 heteroatoms. The number of H-pyrrole nitrogens is 1. The molecule has 1 aromatic heterocycles. The van der Waals surface area contributed by atoms with Gasteiger partial charge in [-0.25, -0.2) is 0 Å². The lowest BCUT2D eigenvalue weighted by molar-refractivity contribution is -0.120. The molecule has 2 aliphatic rings. The van der Waals surface area contributed by atoms with E-state index in [1.807, 2.05) is 24.4 Å². The standard InChI is InChI=1S/C16H21NOSi.C13H13NO.CH3F.CH4/c1-12(18)16(8-9-16)14-5-6-15(17)13(11-14)7-10-19(2,3)4;1-9(15)13(5-6-13)11-2-3-12-10(8-11)4-7-14-12;1-2;/h5-6,11H,8-9,17H2,1-4H3;2-4,7-8,14H,5-6H2,1H3;1H3;1H4/i;;1D;. The van der Waals surface area contributed by atoms with Gasteiger partial charge < -0.3 is 10.7 Å². The quantitative estimate of drug-likeness (QED) is 0.218. The Kier molecular flexibility index (Phi) is 8.81. The number of anilines is 1. The van der Waals surface area contributed by atoms with Crippen LogP contribution < -0.4 is 5.73 Å². The minimum Gasteiger partial charge on any atom is -0.398 e. The average Bonchev–Trinajstić information content (AvgIpc) is 3.75. The lowest BCUT2D eigenvalue weighted by Gasteiger charge is -2.13. The van der Waals surface area contributed by atoms with E-state index >= 15 is 0 Å². The van der Waals surface area contributed by atoms with Gasteiger partial charge in [-0.3, -0.25) is 14.0 Å². The summed E-state index contributed by atoms with van der Waals surface area (Å²) in [6, 6.07) is 14.2. The first-order valence-corrected chi connectivity index (χ1v) is 15.8. The minimum atomic E-state index is -1.42. The predicted molar refractivity (Wildman–Crippen MR) is 156 cm³/mol. The molecule has 0 atom stereocenters. The van der Waals surface area contributed by atoms with Crippen molar-refractivity contribution in [3.8, 4) is 11.5 Å². The number of ketones is 2. The lowest BCUT2D eigenvalue weighted by atomic mass is 9.90. The molecule has 198 valence electrons. The zero-order chi connectivity index (χ0) is 27.4. The fourth-order valence-corrected chi connectivity index (χ4v) is 5.02. The first kappa shape index (κ1) is 28.4. The summed E-state index contributed by atoms with van der Waals surface area (Å²) in [6.45, 7) is 10.00. The van der Waals surface area contributed by atoms with Gasteiger partial charge in [-0.1, -0.05) is 45.1 Å². The molecule has 3 N–H and O–H groups in total. The third-order valence-corrected chi connectivity index (χ3v) is 8.01. The van der Waals surface area contributed by atoms with E-state index in [2.05, 4.69) is 60.4 Å². The number of carbonyl (C=O) groups is 2. The normalized spacial score (nSPS) is 16.2. The summed E-state index contributed by atoms with van der Waals surface area (Å²) in [5.74, 6) is 3.76. The second-order valence-electron chi connectivity index (χ2n) is 10.9. The second kappa shape index (κ2) is 11.5. The van der Waals surface area contributed by atoms with Gasteiger partial charge in [0.15, 0.2) is 0 Å². The molecule has 0 radical (unpaired) electrons. The van der Waals surface area contributed by atoms with Crippen molar-refractivity contribution in [2.75, 3.05) is 12.9 Å². The van der Waals surface area contributed by atoms with Crippen LogP contribution in [0.2, 0.25) is 19.6 Å². The van der Waals surface area contributed by atoms with E-state index in [0.717, 1.165) is 42.3 Å². The van der Waals surface area contributed by atoms with Crippen molar-refractivity contribution in [2.24, 2.45) is 0 Å². The van der Waals surface area contributed by atoms with Crippen LogP contribution in [-0.4, -0.2) is 31.8 Å². The molecule has 2 saturated carbocycles. The summed E-state index contributed by atoms with van der Waals surface area (Å²) in [5, 5.41) is 1.19. The predicted octanol–water partition coefficient (Wildman–Crippen LogP) is 7.13. The fourth-order valence-electron chi connectivity index (χ4n) is 4.51. The van der Waals surface area contributed by atoms with Gasteiger partial charge in [-0.15, -0.1) is 5.54 Å². The van der Waals surface area contributed by atoms with Gasteiger partial charge >= 0.3 is 0 Å². The molecule has 0 aliphatic heterocycles. The molecule has 0 bridgehead atoms. The maximum absolute atomic E-state index is 11.8. The third kappa shape index (κ3) is 6.59. The van der Waals surface area contributed by atoms with E-state index in [4.69, 9.17) is 7.10 Å². The van der Waals surface area contributed by atoms with E-state index in [1.165, 1.54) is 10.9 Å².